The average molecular weight is 234 g/mol. The van der Waals surface area contributed by atoms with Crippen molar-refractivity contribution in [3.8, 4) is 0 Å². The highest BCUT2D eigenvalue weighted by Crippen LogP contribution is 2.19. The Hall–Kier alpha value is -0.900. The maximum Gasteiger partial charge on any atom is 0.0916 e. The zero-order valence-corrected chi connectivity index (χ0v) is 10.3. The molecule has 1 fully saturated rings. The lowest BCUT2D eigenvalue weighted by atomic mass is 9.96. The highest BCUT2D eigenvalue weighted by atomic mass is 16.3. The maximum atomic E-state index is 10.1. The number of aliphatic hydroxyl groups is 1. The summed E-state index contributed by atoms with van der Waals surface area (Å²) in [6.45, 7) is 3.66. The summed E-state index contributed by atoms with van der Waals surface area (Å²) in [5, 5.41) is 10.1. The van der Waals surface area contributed by atoms with Crippen LogP contribution >= 0.6 is 0 Å². The molecule has 0 aromatic heterocycles. The fourth-order valence-electron chi connectivity index (χ4n) is 2.43. The monoisotopic (exact) mass is 234 g/mol. The first-order valence-electron chi connectivity index (χ1n) is 6.45. The van der Waals surface area contributed by atoms with Crippen molar-refractivity contribution in [3.05, 3.63) is 35.9 Å². The number of β-amino-alcohol motifs (C(OH)–C–C–N with tert-alkyl or cyclic N) is 1. The third kappa shape index (κ3) is 3.53. The van der Waals surface area contributed by atoms with Gasteiger partial charge >= 0.3 is 0 Å². The fourth-order valence-corrected chi connectivity index (χ4v) is 2.43. The largest absolute Gasteiger partial charge is 0.387 e. The van der Waals surface area contributed by atoms with Crippen molar-refractivity contribution in [3.63, 3.8) is 0 Å². The van der Waals surface area contributed by atoms with Gasteiger partial charge in [0.15, 0.2) is 0 Å². The van der Waals surface area contributed by atoms with Gasteiger partial charge in [-0.1, -0.05) is 30.3 Å². The molecule has 1 aromatic rings. The number of hydrogen-bond donors (Lipinski definition) is 2. The first-order chi connectivity index (χ1) is 8.29. The van der Waals surface area contributed by atoms with E-state index in [0.717, 1.165) is 44.6 Å². The first-order valence-corrected chi connectivity index (χ1v) is 6.45. The summed E-state index contributed by atoms with van der Waals surface area (Å²) in [6.07, 6.45) is 1.96. The molecule has 3 nitrogen and oxygen atoms in total. The molecule has 1 aliphatic heterocycles. The number of hydrogen-bond acceptors (Lipinski definition) is 3. The molecule has 0 bridgehead atoms. The molecule has 1 atom stereocenters. The van der Waals surface area contributed by atoms with E-state index in [4.69, 9.17) is 5.73 Å². The van der Waals surface area contributed by atoms with E-state index in [-0.39, 0.29) is 6.10 Å². The second kappa shape index (κ2) is 6.15. The van der Waals surface area contributed by atoms with E-state index in [1.165, 1.54) is 0 Å². The molecule has 0 amide bonds. The highest BCUT2D eigenvalue weighted by Gasteiger charge is 2.20. The Labute approximate surface area is 103 Å². The lowest BCUT2D eigenvalue weighted by Gasteiger charge is -2.32. The minimum Gasteiger partial charge on any atom is -0.387 e. The molecule has 0 aliphatic carbocycles. The Bertz CT molecular complexity index is 320. The van der Waals surface area contributed by atoms with Crippen molar-refractivity contribution in [2.24, 2.45) is 11.7 Å². The summed E-state index contributed by atoms with van der Waals surface area (Å²) in [4.78, 5) is 2.34. The number of benzene rings is 1. The Morgan fingerprint density at radius 3 is 2.47 bits per heavy atom. The summed E-state index contributed by atoms with van der Waals surface area (Å²) < 4.78 is 0. The molecule has 3 heteroatoms. The molecule has 0 spiro atoms. The van der Waals surface area contributed by atoms with Crippen molar-refractivity contribution in [1.29, 1.82) is 0 Å². The summed E-state index contributed by atoms with van der Waals surface area (Å²) in [7, 11) is 0. The number of nitrogens with zero attached hydrogens (tertiary/aromatic N) is 1. The predicted octanol–water partition coefficient (Wildman–Crippen LogP) is 1.39. The summed E-state index contributed by atoms with van der Waals surface area (Å²) >= 11 is 0. The second-order valence-electron chi connectivity index (χ2n) is 4.91. The normalized spacial score (nSPS) is 20.4. The molecule has 1 aliphatic rings. The van der Waals surface area contributed by atoms with Crippen LogP contribution in [0.4, 0.5) is 0 Å². The Balaban J connectivity index is 1.82. The van der Waals surface area contributed by atoms with Gasteiger partial charge in [-0.3, -0.25) is 0 Å². The molecule has 3 N–H and O–H groups in total. The van der Waals surface area contributed by atoms with Crippen molar-refractivity contribution in [1.82, 2.24) is 4.90 Å². The summed E-state index contributed by atoms with van der Waals surface area (Å²) in [6, 6.07) is 9.88. The number of likely N-dealkylation sites (tertiary alicyclic amines) is 1. The smallest absolute Gasteiger partial charge is 0.0916 e. The lowest BCUT2D eigenvalue weighted by molar-refractivity contribution is 0.0904. The van der Waals surface area contributed by atoms with E-state index < -0.39 is 0 Å². The van der Waals surface area contributed by atoms with E-state index in [0.29, 0.717) is 5.92 Å². The van der Waals surface area contributed by atoms with E-state index in [9.17, 15) is 5.11 Å². The number of piperidine rings is 1. The molecule has 1 heterocycles. The standard InChI is InChI=1S/C14H22N2O/c15-10-12-6-8-16(9-7-12)11-14(17)13-4-2-1-3-5-13/h1-5,12,14,17H,6-11,15H2/t14-/m0/s1. The van der Waals surface area contributed by atoms with Gasteiger partial charge < -0.3 is 15.7 Å². The molecule has 1 aromatic carbocycles. The van der Waals surface area contributed by atoms with Crippen LogP contribution in [0.2, 0.25) is 0 Å². The quantitative estimate of drug-likeness (QED) is 0.827. The number of nitrogens with two attached hydrogens (primary N) is 1. The summed E-state index contributed by atoms with van der Waals surface area (Å²) in [5.74, 6) is 0.681. The van der Waals surface area contributed by atoms with Crippen molar-refractivity contribution < 1.29 is 5.11 Å². The van der Waals surface area contributed by atoms with Crippen molar-refractivity contribution in [2.75, 3.05) is 26.2 Å². The van der Waals surface area contributed by atoms with Gasteiger partial charge in [0.1, 0.15) is 0 Å². The lowest BCUT2D eigenvalue weighted by Crippen LogP contribution is -2.38. The first kappa shape index (κ1) is 12.6. The van der Waals surface area contributed by atoms with Gasteiger partial charge in [0, 0.05) is 6.54 Å². The molecule has 0 unspecified atom stereocenters. The highest BCUT2D eigenvalue weighted by molar-refractivity contribution is 5.17. The molecular weight excluding hydrogens is 212 g/mol. The zero-order valence-electron chi connectivity index (χ0n) is 10.3. The zero-order chi connectivity index (χ0) is 12.1. The molecule has 0 saturated carbocycles. The van der Waals surface area contributed by atoms with Gasteiger partial charge in [-0.2, -0.15) is 0 Å². The Morgan fingerprint density at radius 1 is 1.24 bits per heavy atom. The van der Waals surface area contributed by atoms with Gasteiger partial charge in [0.2, 0.25) is 0 Å². The van der Waals surface area contributed by atoms with Crippen LogP contribution in [0.1, 0.15) is 24.5 Å². The van der Waals surface area contributed by atoms with E-state index in [1.807, 2.05) is 30.3 Å². The van der Waals surface area contributed by atoms with Crippen LogP contribution in [0.15, 0.2) is 30.3 Å². The topological polar surface area (TPSA) is 49.5 Å². The second-order valence-corrected chi connectivity index (χ2v) is 4.91. The minimum absolute atomic E-state index is 0.370. The molecule has 0 radical (unpaired) electrons. The van der Waals surface area contributed by atoms with Gasteiger partial charge in [-0.25, -0.2) is 0 Å². The molecule has 1 saturated heterocycles. The van der Waals surface area contributed by atoms with E-state index in [1.54, 1.807) is 0 Å². The van der Waals surface area contributed by atoms with E-state index in [2.05, 4.69) is 4.90 Å². The Kier molecular flexibility index (Phi) is 4.54. The molecule has 2 rings (SSSR count). The SMILES string of the molecule is NCC1CCN(C[C@H](O)c2ccccc2)CC1. The maximum absolute atomic E-state index is 10.1. The van der Waals surface area contributed by atoms with Gasteiger partial charge in [-0.05, 0) is 44.0 Å². The Morgan fingerprint density at radius 2 is 1.88 bits per heavy atom. The minimum atomic E-state index is -0.370. The fraction of sp³-hybridized carbons (Fsp3) is 0.571. The van der Waals surface area contributed by atoms with Crippen LogP contribution in [-0.4, -0.2) is 36.2 Å². The van der Waals surface area contributed by atoms with Crippen LogP contribution in [0, 0.1) is 5.92 Å². The molecular formula is C14H22N2O. The van der Waals surface area contributed by atoms with E-state index >= 15 is 0 Å². The third-order valence-corrected chi connectivity index (χ3v) is 3.66. The predicted molar refractivity (Wildman–Crippen MR) is 69.6 cm³/mol. The van der Waals surface area contributed by atoms with Crippen LogP contribution in [0.3, 0.4) is 0 Å². The van der Waals surface area contributed by atoms with Gasteiger partial charge in [0.25, 0.3) is 0 Å². The number of aliphatic hydroxyl groups excluding tert-OH is 1. The van der Waals surface area contributed by atoms with Crippen molar-refractivity contribution in [2.45, 2.75) is 18.9 Å². The van der Waals surface area contributed by atoms with Crippen LogP contribution in [0.5, 0.6) is 0 Å². The van der Waals surface area contributed by atoms with Gasteiger partial charge in [-0.15, -0.1) is 0 Å². The van der Waals surface area contributed by atoms with Crippen LogP contribution in [0.25, 0.3) is 0 Å². The third-order valence-electron chi connectivity index (χ3n) is 3.66. The molecule has 94 valence electrons. The number of rotatable bonds is 4. The van der Waals surface area contributed by atoms with Gasteiger partial charge in [0.05, 0.1) is 6.10 Å². The van der Waals surface area contributed by atoms with Crippen LogP contribution in [-0.2, 0) is 0 Å². The van der Waals surface area contributed by atoms with Crippen LogP contribution < -0.4 is 5.73 Å². The summed E-state index contributed by atoms with van der Waals surface area (Å²) in [5.41, 5.74) is 6.68. The molecule has 17 heavy (non-hydrogen) atoms. The average Bonchev–Trinajstić information content (AvgIpc) is 2.40. The van der Waals surface area contributed by atoms with Crippen molar-refractivity contribution >= 4 is 0 Å².